The summed E-state index contributed by atoms with van der Waals surface area (Å²) in [4.78, 5) is 7.01. The van der Waals surface area contributed by atoms with Gasteiger partial charge in [0.1, 0.15) is 5.15 Å². The Bertz CT molecular complexity index is 609. The van der Waals surface area contributed by atoms with Crippen LogP contribution in [0, 0.1) is 11.8 Å². The molecule has 0 spiro atoms. The number of aromatic nitrogens is 1. The normalized spacial score (nSPS) is 20.1. The fourth-order valence-electron chi connectivity index (χ4n) is 3.04. The van der Waals surface area contributed by atoms with Crippen LogP contribution >= 0.6 is 11.6 Å². The predicted octanol–water partition coefficient (Wildman–Crippen LogP) is 4.37. The third-order valence-corrected chi connectivity index (χ3v) is 4.72. The van der Waals surface area contributed by atoms with Gasteiger partial charge in [-0.15, -0.1) is 0 Å². The first-order chi connectivity index (χ1) is 9.63. The number of hydrogen-bond acceptors (Lipinski definition) is 2. The molecule has 0 saturated carbocycles. The van der Waals surface area contributed by atoms with Crippen LogP contribution in [0.5, 0.6) is 0 Å². The van der Waals surface area contributed by atoms with E-state index in [0.29, 0.717) is 5.15 Å². The number of rotatable bonds is 3. The molecule has 3 rings (SSSR count). The molecule has 1 fully saturated rings. The summed E-state index contributed by atoms with van der Waals surface area (Å²) in [7, 11) is 0. The monoisotopic (exact) mass is 288 g/mol. The molecule has 1 aromatic heterocycles. The molecule has 1 atom stereocenters. The predicted molar refractivity (Wildman–Crippen MR) is 85.0 cm³/mol. The van der Waals surface area contributed by atoms with Gasteiger partial charge < -0.3 is 0 Å². The summed E-state index contributed by atoms with van der Waals surface area (Å²) in [6.07, 6.45) is 1.30. The second kappa shape index (κ2) is 5.71. The third kappa shape index (κ3) is 2.82. The molecular weight excluding hydrogens is 268 g/mol. The molecule has 0 amide bonds. The van der Waals surface area contributed by atoms with Crippen molar-refractivity contribution in [2.24, 2.45) is 11.8 Å². The maximum Gasteiger partial charge on any atom is 0.134 e. The Kier molecular flexibility index (Phi) is 3.95. The molecule has 2 aromatic rings. The Morgan fingerprint density at radius 2 is 2.15 bits per heavy atom. The molecule has 0 bridgehead atoms. The van der Waals surface area contributed by atoms with Crippen LogP contribution in [0.3, 0.4) is 0 Å². The number of benzene rings is 1. The zero-order valence-corrected chi connectivity index (χ0v) is 12.9. The summed E-state index contributed by atoms with van der Waals surface area (Å²) < 4.78 is 0. The standard InChI is InChI=1S/C17H21ClN2/c1-12(2)14-7-8-20(10-14)11-15-9-13-5-3-4-6-16(13)19-17(15)18/h3-6,9,12,14H,7-8,10-11H2,1-2H3. The van der Waals surface area contributed by atoms with Crippen molar-refractivity contribution in [2.75, 3.05) is 13.1 Å². The molecule has 1 aliphatic rings. The maximum atomic E-state index is 6.34. The van der Waals surface area contributed by atoms with Gasteiger partial charge in [0.2, 0.25) is 0 Å². The highest BCUT2D eigenvalue weighted by Crippen LogP contribution is 2.27. The SMILES string of the molecule is CC(C)C1CCN(Cc2cc3ccccc3nc2Cl)C1. The van der Waals surface area contributed by atoms with Crippen molar-refractivity contribution in [3.63, 3.8) is 0 Å². The van der Waals surface area contributed by atoms with Crippen molar-refractivity contribution in [3.8, 4) is 0 Å². The van der Waals surface area contributed by atoms with E-state index in [4.69, 9.17) is 11.6 Å². The number of hydrogen-bond donors (Lipinski definition) is 0. The van der Waals surface area contributed by atoms with Crippen molar-refractivity contribution in [3.05, 3.63) is 41.0 Å². The molecule has 3 heteroatoms. The summed E-state index contributed by atoms with van der Waals surface area (Å²) in [6, 6.07) is 10.3. The van der Waals surface area contributed by atoms with Gasteiger partial charge in [-0.3, -0.25) is 4.90 Å². The number of para-hydroxylation sites is 1. The average molecular weight is 289 g/mol. The number of pyridine rings is 1. The van der Waals surface area contributed by atoms with Crippen molar-refractivity contribution in [1.29, 1.82) is 0 Å². The summed E-state index contributed by atoms with van der Waals surface area (Å²) in [5.74, 6) is 1.59. The first kappa shape index (κ1) is 13.8. The van der Waals surface area contributed by atoms with Gasteiger partial charge in [0.05, 0.1) is 5.52 Å². The fourth-order valence-corrected chi connectivity index (χ4v) is 3.24. The van der Waals surface area contributed by atoms with Crippen LogP contribution in [0.2, 0.25) is 5.15 Å². The lowest BCUT2D eigenvalue weighted by Gasteiger charge is -2.18. The van der Waals surface area contributed by atoms with Gasteiger partial charge in [0.15, 0.2) is 0 Å². The molecule has 2 heterocycles. The summed E-state index contributed by atoms with van der Waals surface area (Å²) in [6.45, 7) is 7.91. The Morgan fingerprint density at radius 1 is 1.35 bits per heavy atom. The molecule has 20 heavy (non-hydrogen) atoms. The van der Waals surface area contributed by atoms with Crippen LogP contribution in [-0.4, -0.2) is 23.0 Å². The molecule has 1 saturated heterocycles. The second-order valence-electron chi connectivity index (χ2n) is 6.16. The lowest BCUT2D eigenvalue weighted by atomic mass is 9.95. The lowest BCUT2D eigenvalue weighted by molar-refractivity contribution is 0.297. The number of likely N-dealkylation sites (tertiary alicyclic amines) is 1. The van der Waals surface area contributed by atoms with Crippen LogP contribution in [0.15, 0.2) is 30.3 Å². The van der Waals surface area contributed by atoms with Crippen molar-refractivity contribution >= 4 is 22.5 Å². The van der Waals surface area contributed by atoms with Gasteiger partial charge >= 0.3 is 0 Å². The van der Waals surface area contributed by atoms with Crippen LogP contribution < -0.4 is 0 Å². The Balaban J connectivity index is 1.79. The van der Waals surface area contributed by atoms with E-state index >= 15 is 0 Å². The van der Waals surface area contributed by atoms with Gasteiger partial charge in [-0.05, 0) is 36.9 Å². The van der Waals surface area contributed by atoms with Crippen molar-refractivity contribution in [2.45, 2.75) is 26.8 Å². The molecule has 106 valence electrons. The van der Waals surface area contributed by atoms with Gasteiger partial charge in [-0.1, -0.05) is 43.6 Å². The topological polar surface area (TPSA) is 16.1 Å². The van der Waals surface area contributed by atoms with E-state index in [1.165, 1.54) is 24.9 Å². The summed E-state index contributed by atoms with van der Waals surface area (Å²) in [5, 5.41) is 1.82. The molecule has 1 aromatic carbocycles. The van der Waals surface area contributed by atoms with Gasteiger partial charge in [0.25, 0.3) is 0 Å². The van der Waals surface area contributed by atoms with Crippen molar-refractivity contribution in [1.82, 2.24) is 9.88 Å². The first-order valence-corrected chi connectivity index (χ1v) is 7.78. The van der Waals surface area contributed by atoms with Crippen LogP contribution in [0.1, 0.15) is 25.8 Å². The highest BCUT2D eigenvalue weighted by molar-refractivity contribution is 6.30. The first-order valence-electron chi connectivity index (χ1n) is 7.40. The van der Waals surface area contributed by atoms with Crippen molar-refractivity contribution < 1.29 is 0 Å². The fraction of sp³-hybridized carbons (Fsp3) is 0.471. The van der Waals surface area contributed by atoms with Crippen LogP contribution in [0.4, 0.5) is 0 Å². The molecule has 1 aliphatic heterocycles. The minimum absolute atomic E-state index is 0.650. The Hall–Kier alpha value is -1.12. The lowest BCUT2D eigenvalue weighted by Crippen LogP contribution is -2.21. The zero-order chi connectivity index (χ0) is 14.1. The highest BCUT2D eigenvalue weighted by atomic mass is 35.5. The van der Waals surface area contributed by atoms with E-state index in [1.807, 2.05) is 18.2 Å². The van der Waals surface area contributed by atoms with E-state index in [9.17, 15) is 0 Å². The Labute approximate surface area is 125 Å². The van der Waals surface area contributed by atoms with Gasteiger partial charge in [-0.25, -0.2) is 4.98 Å². The minimum Gasteiger partial charge on any atom is -0.299 e. The maximum absolute atomic E-state index is 6.34. The summed E-state index contributed by atoms with van der Waals surface area (Å²) in [5.41, 5.74) is 2.12. The van der Waals surface area contributed by atoms with Gasteiger partial charge in [-0.2, -0.15) is 0 Å². The quantitative estimate of drug-likeness (QED) is 0.780. The third-order valence-electron chi connectivity index (χ3n) is 4.40. The second-order valence-corrected chi connectivity index (χ2v) is 6.52. The summed E-state index contributed by atoms with van der Waals surface area (Å²) >= 11 is 6.34. The number of halogens is 1. The number of nitrogens with zero attached hydrogens (tertiary/aromatic N) is 2. The average Bonchev–Trinajstić information content (AvgIpc) is 2.88. The van der Waals surface area contributed by atoms with Crippen LogP contribution in [-0.2, 0) is 6.54 Å². The van der Waals surface area contributed by atoms with E-state index < -0.39 is 0 Å². The number of fused-ring (bicyclic) bond motifs is 1. The zero-order valence-electron chi connectivity index (χ0n) is 12.1. The molecule has 0 N–H and O–H groups in total. The van der Waals surface area contributed by atoms with E-state index in [-0.39, 0.29) is 0 Å². The molecular formula is C17H21ClN2. The smallest absolute Gasteiger partial charge is 0.134 e. The minimum atomic E-state index is 0.650. The molecule has 0 aliphatic carbocycles. The molecule has 1 unspecified atom stereocenters. The molecule has 0 radical (unpaired) electrons. The highest BCUT2D eigenvalue weighted by Gasteiger charge is 2.25. The van der Waals surface area contributed by atoms with Gasteiger partial charge in [0, 0.05) is 24.0 Å². The Morgan fingerprint density at radius 3 is 2.90 bits per heavy atom. The van der Waals surface area contributed by atoms with E-state index in [1.54, 1.807) is 0 Å². The van der Waals surface area contributed by atoms with E-state index in [2.05, 4.69) is 35.9 Å². The van der Waals surface area contributed by atoms with Crippen LogP contribution in [0.25, 0.3) is 10.9 Å². The largest absolute Gasteiger partial charge is 0.299 e. The van der Waals surface area contributed by atoms with E-state index in [0.717, 1.165) is 29.5 Å². The molecule has 2 nitrogen and oxygen atoms in total.